The summed E-state index contributed by atoms with van der Waals surface area (Å²) in [5.74, 6) is 0. The minimum absolute atomic E-state index is 1.05. The van der Waals surface area contributed by atoms with Gasteiger partial charge in [0.2, 0.25) is 0 Å². The van der Waals surface area contributed by atoms with E-state index in [1.165, 1.54) is 11.4 Å². The van der Waals surface area contributed by atoms with Crippen LogP contribution in [0.4, 0.5) is 11.4 Å². The molecule has 20 heavy (non-hydrogen) atoms. The maximum Gasteiger partial charge on any atom is 0.0401 e. The second kappa shape index (κ2) is 5.49. The molecule has 3 heterocycles. The summed E-state index contributed by atoms with van der Waals surface area (Å²) in [7, 11) is 0. The molecule has 0 unspecified atom stereocenters. The van der Waals surface area contributed by atoms with Crippen molar-refractivity contribution in [3.8, 4) is 0 Å². The van der Waals surface area contributed by atoms with E-state index in [4.69, 9.17) is 0 Å². The quantitative estimate of drug-likeness (QED) is 0.837. The van der Waals surface area contributed by atoms with Gasteiger partial charge in [-0.05, 0) is 38.1 Å². The normalized spacial score (nSPS) is 15.5. The Morgan fingerprint density at radius 3 is 1.50 bits per heavy atom. The number of aromatic nitrogens is 2. The minimum atomic E-state index is 1.05. The molecule has 4 nitrogen and oxygen atoms in total. The molecule has 4 heteroatoms. The summed E-state index contributed by atoms with van der Waals surface area (Å²) in [5, 5.41) is 0. The molecule has 1 aliphatic heterocycles. The Labute approximate surface area is 120 Å². The number of hydrogen-bond acceptors (Lipinski definition) is 4. The van der Waals surface area contributed by atoms with Crippen LogP contribution in [0.25, 0.3) is 0 Å². The maximum atomic E-state index is 4.26. The van der Waals surface area contributed by atoms with Crippen molar-refractivity contribution in [2.75, 3.05) is 36.0 Å². The molecule has 1 aliphatic rings. The SMILES string of the molecule is Cc1cc(N2CCN(c3ccnc(C)c3)CC2)ccn1. The zero-order chi connectivity index (χ0) is 13.9. The highest BCUT2D eigenvalue weighted by Gasteiger charge is 2.17. The van der Waals surface area contributed by atoms with E-state index >= 15 is 0 Å². The summed E-state index contributed by atoms with van der Waals surface area (Å²) in [6.45, 7) is 8.27. The lowest BCUT2D eigenvalue weighted by molar-refractivity contribution is 0.652. The van der Waals surface area contributed by atoms with Crippen LogP contribution in [0, 0.1) is 13.8 Å². The Balaban J connectivity index is 1.68. The molecule has 0 N–H and O–H groups in total. The van der Waals surface area contributed by atoms with Crippen LogP contribution in [0.1, 0.15) is 11.4 Å². The van der Waals surface area contributed by atoms with Crippen molar-refractivity contribution in [1.29, 1.82) is 0 Å². The molecule has 0 atom stereocenters. The van der Waals surface area contributed by atoms with Crippen LogP contribution in [0.15, 0.2) is 36.7 Å². The third-order valence-electron chi connectivity index (χ3n) is 3.77. The molecule has 2 aromatic heterocycles. The van der Waals surface area contributed by atoms with Gasteiger partial charge in [0.15, 0.2) is 0 Å². The smallest absolute Gasteiger partial charge is 0.0401 e. The van der Waals surface area contributed by atoms with E-state index in [1.807, 2.05) is 26.2 Å². The lowest BCUT2D eigenvalue weighted by Crippen LogP contribution is -2.46. The van der Waals surface area contributed by atoms with Gasteiger partial charge in [0.25, 0.3) is 0 Å². The average molecular weight is 268 g/mol. The third kappa shape index (κ3) is 2.74. The Kier molecular flexibility index (Phi) is 3.54. The Morgan fingerprint density at radius 1 is 0.750 bits per heavy atom. The van der Waals surface area contributed by atoms with Gasteiger partial charge in [-0.15, -0.1) is 0 Å². The first-order valence-electron chi connectivity index (χ1n) is 7.07. The Hall–Kier alpha value is -2.10. The van der Waals surface area contributed by atoms with Crippen LogP contribution < -0.4 is 9.80 Å². The van der Waals surface area contributed by atoms with Crippen LogP contribution in [0.3, 0.4) is 0 Å². The van der Waals surface area contributed by atoms with Crippen molar-refractivity contribution >= 4 is 11.4 Å². The Morgan fingerprint density at radius 2 is 1.15 bits per heavy atom. The highest BCUT2D eigenvalue weighted by Crippen LogP contribution is 2.20. The van der Waals surface area contributed by atoms with E-state index in [1.54, 1.807) is 0 Å². The van der Waals surface area contributed by atoms with E-state index in [0.717, 1.165) is 37.6 Å². The fraction of sp³-hybridized carbons (Fsp3) is 0.375. The van der Waals surface area contributed by atoms with Gasteiger partial charge in [0.05, 0.1) is 0 Å². The van der Waals surface area contributed by atoms with E-state index in [2.05, 4.69) is 44.0 Å². The molecular formula is C16H20N4. The summed E-state index contributed by atoms with van der Waals surface area (Å²) in [4.78, 5) is 13.4. The molecule has 0 amide bonds. The number of nitrogens with zero attached hydrogens (tertiary/aromatic N) is 4. The molecule has 0 bridgehead atoms. The summed E-state index contributed by atoms with van der Waals surface area (Å²) >= 11 is 0. The highest BCUT2D eigenvalue weighted by atomic mass is 15.3. The maximum absolute atomic E-state index is 4.26. The number of hydrogen-bond donors (Lipinski definition) is 0. The molecule has 1 fully saturated rings. The first-order valence-corrected chi connectivity index (χ1v) is 7.07. The molecule has 2 aromatic rings. The zero-order valence-corrected chi connectivity index (χ0v) is 12.1. The van der Waals surface area contributed by atoms with Crippen LogP contribution in [-0.2, 0) is 0 Å². The summed E-state index contributed by atoms with van der Waals surface area (Å²) in [6.07, 6.45) is 3.78. The Bertz CT molecular complexity index is 535. The van der Waals surface area contributed by atoms with E-state index in [0.29, 0.717) is 0 Å². The molecule has 0 aliphatic carbocycles. The number of piperazine rings is 1. The summed E-state index contributed by atoms with van der Waals surface area (Å²) in [6, 6.07) is 8.51. The van der Waals surface area contributed by atoms with Gasteiger partial charge in [-0.1, -0.05) is 0 Å². The fourth-order valence-corrected chi connectivity index (χ4v) is 2.68. The van der Waals surface area contributed by atoms with Crippen LogP contribution in [0.2, 0.25) is 0 Å². The zero-order valence-electron chi connectivity index (χ0n) is 12.1. The fourth-order valence-electron chi connectivity index (χ4n) is 2.68. The van der Waals surface area contributed by atoms with Crippen molar-refractivity contribution in [3.63, 3.8) is 0 Å². The van der Waals surface area contributed by atoms with Crippen LogP contribution in [-0.4, -0.2) is 36.1 Å². The molecule has 0 spiro atoms. The molecule has 104 valence electrons. The monoisotopic (exact) mass is 268 g/mol. The van der Waals surface area contributed by atoms with E-state index in [-0.39, 0.29) is 0 Å². The first kappa shape index (κ1) is 12.9. The second-order valence-corrected chi connectivity index (χ2v) is 5.28. The second-order valence-electron chi connectivity index (χ2n) is 5.28. The van der Waals surface area contributed by atoms with Gasteiger partial charge in [-0.3, -0.25) is 9.97 Å². The number of rotatable bonds is 2. The summed E-state index contributed by atoms with van der Waals surface area (Å²) < 4.78 is 0. The van der Waals surface area contributed by atoms with Gasteiger partial charge in [-0.25, -0.2) is 0 Å². The lowest BCUT2D eigenvalue weighted by Gasteiger charge is -2.37. The standard InChI is InChI=1S/C16H20N4/c1-13-11-15(3-5-17-13)19-7-9-20(10-8-19)16-4-6-18-14(2)12-16/h3-6,11-12H,7-10H2,1-2H3. The van der Waals surface area contributed by atoms with Crippen LogP contribution in [0.5, 0.6) is 0 Å². The number of anilines is 2. The molecule has 0 saturated carbocycles. The van der Waals surface area contributed by atoms with Gasteiger partial charge >= 0.3 is 0 Å². The van der Waals surface area contributed by atoms with Crippen molar-refractivity contribution in [1.82, 2.24) is 9.97 Å². The average Bonchev–Trinajstić information content (AvgIpc) is 2.47. The number of pyridine rings is 2. The highest BCUT2D eigenvalue weighted by molar-refractivity contribution is 5.51. The van der Waals surface area contributed by atoms with Crippen LogP contribution >= 0.6 is 0 Å². The first-order chi connectivity index (χ1) is 9.72. The molecule has 0 radical (unpaired) electrons. The van der Waals surface area contributed by atoms with E-state index in [9.17, 15) is 0 Å². The number of aryl methyl sites for hydroxylation is 2. The largest absolute Gasteiger partial charge is 0.368 e. The van der Waals surface area contributed by atoms with Crippen molar-refractivity contribution < 1.29 is 0 Å². The van der Waals surface area contributed by atoms with Crippen molar-refractivity contribution in [2.45, 2.75) is 13.8 Å². The van der Waals surface area contributed by atoms with Crippen molar-refractivity contribution in [3.05, 3.63) is 48.0 Å². The molecule has 3 rings (SSSR count). The van der Waals surface area contributed by atoms with Gasteiger partial charge in [0, 0.05) is 61.3 Å². The molecular weight excluding hydrogens is 248 g/mol. The third-order valence-corrected chi connectivity index (χ3v) is 3.77. The predicted molar refractivity (Wildman–Crippen MR) is 82.4 cm³/mol. The predicted octanol–water partition coefficient (Wildman–Crippen LogP) is 2.42. The minimum Gasteiger partial charge on any atom is -0.368 e. The lowest BCUT2D eigenvalue weighted by atomic mass is 10.2. The van der Waals surface area contributed by atoms with Gasteiger partial charge in [-0.2, -0.15) is 0 Å². The summed E-state index contributed by atoms with van der Waals surface area (Å²) in [5.41, 5.74) is 4.72. The van der Waals surface area contributed by atoms with E-state index < -0.39 is 0 Å². The van der Waals surface area contributed by atoms with Crippen molar-refractivity contribution in [2.24, 2.45) is 0 Å². The topological polar surface area (TPSA) is 32.3 Å². The van der Waals surface area contributed by atoms with Gasteiger partial charge < -0.3 is 9.80 Å². The molecule has 0 aromatic carbocycles. The molecule has 1 saturated heterocycles. The van der Waals surface area contributed by atoms with Gasteiger partial charge in [0.1, 0.15) is 0 Å².